The lowest BCUT2D eigenvalue weighted by Gasteiger charge is -2.18. The van der Waals surface area contributed by atoms with Crippen LogP contribution in [0.15, 0.2) is 5.10 Å². The Balaban J connectivity index is 1.88. The Hall–Kier alpha value is -1.39. The minimum absolute atomic E-state index is 0.122. The van der Waals surface area contributed by atoms with Crippen LogP contribution in [0.2, 0.25) is 0 Å². The molecule has 0 aromatic carbocycles. The van der Waals surface area contributed by atoms with Crippen molar-refractivity contribution in [2.45, 2.75) is 52.0 Å². The van der Waals surface area contributed by atoms with Gasteiger partial charge in [-0.2, -0.15) is 5.10 Å². The highest BCUT2D eigenvalue weighted by molar-refractivity contribution is 6.39. The molecule has 5 heteroatoms. The van der Waals surface area contributed by atoms with Crippen molar-refractivity contribution in [1.29, 1.82) is 0 Å². The topological polar surface area (TPSA) is 70.6 Å². The molecule has 0 saturated heterocycles. The number of rotatable bonds is 2. The maximum Gasteiger partial charge on any atom is 0.267 e. The molecular formula is C12H19N3O2. The number of hydrazone groups is 1. The largest absolute Gasteiger partial charge is 0.348 e. The van der Waals surface area contributed by atoms with Gasteiger partial charge < -0.3 is 5.32 Å². The summed E-state index contributed by atoms with van der Waals surface area (Å²) in [6, 6.07) is 0.248. The van der Waals surface area contributed by atoms with Crippen molar-refractivity contribution in [3.63, 3.8) is 0 Å². The fourth-order valence-corrected chi connectivity index (χ4v) is 2.47. The molecule has 0 aromatic heterocycles. The van der Waals surface area contributed by atoms with Gasteiger partial charge in [0.25, 0.3) is 5.91 Å². The van der Waals surface area contributed by atoms with E-state index in [1.165, 1.54) is 0 Å². The number of nitrogens with one attached hydrogen (secondary N) is 2. The zero-order chi connectivity index (χ0) is 12.5. The van der Waals surface area contributed by atoms with Crippen LogP contribution in [0.5, 0.6) is 0 Å². The SMILES string of the molecule is CC1(C)CCC(NC(=O)C2=NNC(=O)CC2)C1. The minimum Gasteiger partial charge on any atom is -0.348 e. The number of hydrogen-bond donors (Lipinski definition) is 2. The molecule has 2 N–H and O–H groups in total. The first-order chi connectivity index (χ1) is 7.96. The van der Waals surface area contributed by atoms with E-state index in [1.54, 1.807) is 0 Å². The highest BCUT2D eigenvalue weighted by atomic mass is 16.2. The van der Waals surface area contributed by atoms with E-state index >= 15 is 0 Å². The third-order valence-electron chi connectivity index (χ3n) is 3.47. The fraction of sp³-hybridized carbons (Fsp3) is 0.750. The average Bonchev–Trinajstić information content (AvgIpc) is 2.59. The molecule has 0 bridgehead atoms. The molecule has 1 fully saturated rings. The van der Waals surface area contributed by atoms with Gasteiger partial charge in [0.15, 0.2) is 0 Å². The lowest BCUT2D eigenvalue weighted by atomic mass is 9.92. The van der Waals surface area contributed by atoms with Crippen molar-refractivity contribution >= 4 is 17.5 Å². The van der Waals surface area contributed by atoms with E-state index in [2.05, 4.69) is 29.7 Å². The molecule has 1 aliphatic carbocycles. The van der Waals surface area contributed by atoms with Gasteiger partial charge in [-0.3, -0.25) is 9.59 Å². The summed E-state index contributed by atoms with van der Waals surface area (Å²) >= 11 is 0. The monoisotopic (exact) mass is 237 g/mol. The molecule has 94 valence electrons. The van der Waals surface area contributed by atoms with Crippen molar-refractivity contribution < 1.29 is 9.59 Å². The molecule has 2 aliphatic rings. The van der Waals surface area contributed by atoms with Crippen LogP contribution in [-0.2, 0) is 9.59 Å². The Morgan fingerprint density at radius 1 is 1.47 bits per heavy atom. The Labute approximate surface area is 101 Å². The predicted molar refractivity (Wildman–Crippen MR) is 64.4 cm³/mol. The molecule has 1 saturated carbocycles. The summed E-state index contributed by atoms with van der Waals surface area (Å²) in [5.74, 6) is -0.253. The first-order valence-corrected chi connectivity index (χ1v) is 6.12. The van der Waals surface area contributed by atoms with Gasteiger partial charge in [0.2, 0.25) is 5.91 Å². The second kappa shape index (κ2) is 4.47. The van der Waals surface area contributed by atoms with Crippen LogP contribution in [-0.4, -0.2) is 23.6 Å². The van der Waals surface area contributed by atoms with E-state index in [0.717, 1.165) is 19.3 Å². The molecule has 17 heavy (non-hydrogen) atoms. The molecule has 0 spiro atoms. The van der Waals surface area contributed by atoms with Gasteiger partial charge >= 0.3 is 0 Å². The van der Waals surface area contributed by atoms with Gasteiger partial charge in [0.1, 0.15) is 5.71 Å². The Bertz CT molecular complexity index is 374. The number of carbonyl (C=O) groups is 2. The van der Waals surface area contributed by atoms with E-state index in [0.29, 0.717) is 24.0 Å². The third kappa shape index (κ3) is 3.05. The summed E-state index contributed by atoms with van der Waals surface area (Å²) in [5, 5.41) is 6.79. The molecule has 0 aromatic rings. The second-order valence-corrected chi connectivity index (χ2v) is 5.67. The lowest BCUT2D eigenvalue weighted by molar-refractivity contribution is -0.121. The normalized spacial score (nSPS) is 27.3. The number of hydrogen-bond acceptors (Lipinski definition) is 3. The molecular weight excluding hydrogens is 218 g/mol. The van der Waals surface area contributed by atoms with E-state index < -0.39 is 0 Å². The standard InChI is InChI=1S/C12H19N3O2/c1-12(2)6-5-8(7-12)13-11(17)9-3-4-10(16)15-14-9/h8H,3-7H2,1-2H3,(H,13,17)(H,15,16). The summed E-state index contributed by atoms with van der Waals surface area (Å²) in [4.78, 5) is 22.8. The van der Waals surface area contributed by atoms with E-state index in [1.807, 2.05) is 0 Å². The molecule has 5 nitrogen and oxygen atoms in total. The van der Waals surface area contributed by atoms with Crippen molar-refractivity contribution in [2.75, 3.05) is 0 Å². The predicted octanol–water partition coefficient (Wildman–Crippen LogP) is 0.947. The molecule has 2 rings (SSSR count). The highest BCUT2D eigenvalue weighted by Gasteiger charge is 2.32. The third-order valence-corrected chi connectivity index (χ3v) is 3.47. The summed E-state index contributed by atoms with van der Waals surface area (Å²) in [6.45, 7) is 4.44. The van der Waals surface area contributed by atoms with Crippen molar-refractivity contribution in [3.8, 4) is 0 Å². The number of carbonyl (C=O) groups excluding carboxylic acids is 2. The van der Waals surface area contributed by atoms with Crippen LogP contribution in [0.3, 0.4) is 0 Å². The Morgan fingerprint density at radius 2 is 2.24 bits per heavy atom. The fourth-order valence-electron chi connectivity index (χ4n) is 2.47. The zero-order valence-corrected chi connectivity index (χ0v) is 10.4. The van der Waals surface area contributed by atoms with Crippen molar-refractivity contribution in [2.24, 2.45) is 10.5 Å². The van der Waals surface area contributed by atoms with Crippen LogP contribution in [0, 0.1) is 5.41 Å². The van der Waals surface area contributed by atoms with Gasteiger partial charge in [-0.15, -0.1) is 0 Å². The second-order valence-electron chi connectivity index (χ2n) is 5.67. The van der Waals surface area contributed by atoms with Gasteiger partial charge in [0, 0.05) is 18.9 Å². The Morgan fingerprint density at radius 3 is 2.76 bits per heavy atom. The van der Waals surface area contributed by atoms with Crippen molar-refractivity contribution in [3.05, 3.63) is 0 Å². The van der Waals surface area contributed by atoms with Crippen LogP contribution >= 0.6 is 0 Å². The van der Waals surface area contributed by atoms with Gasteiger partial charge in [-0.25, -0.2) is 5.43 Å². The quantitative estimate of drug-likeness (QED) is 0.750. The summed E-state index contributed by atoms with van der Waals surface area (Å²) in [6.07, 6.45) is 3.97. The first kappa shape index (κ1) is 12.1. The first-order valence-electron chi connectivity index (χ1n) is 6.12. The molecule has 1 heterocycles. The molecule has 1 atom stereocenters. The van der Waals surface area contributed by atoms with Crippen molar-refractivity contribution in [1.82, 2.24) is 10.7 Å². The maximum atomic E-state index is 11.9. The van der Waals surface area contributed by atoms with Crippen LogP contribution < -0.4 is 10.7 Å². The Kier molecular flexibility index (Phi) is 3.17. The number of nitrogens with zero attached hydrogens (tertiary/aromatic N) is 1. The number of amides is 2. The molecule has 1 aliphatic heterocycles. The van der Waals surface area contributed by atoms with E-state index in [-0.39, 0.29) is 17.9 Å². The molecule has 0 radical (unpaired) electrons. The molecule has 2 amide bonds. The molecule has 1 unspecified atom stereocenters. The van der Waals surface area contributed by atoms with Crippen LogP contribution in [0.25, 0.3) is 0 Å². The zero-order valence-electron chi connectivity index (χ0n) is 10.4. The van der Waals surface area contributed by atoms with E-state index in [9.17, 15) is 9.59 Å². The maximum absolute atomic E-state index is 11.9. The lowest BCUT2D eigenvalue weighted by Crippen LogP contribution is -2.41. The van der Waals surface area contributed by atoms with Gasteiger partial charge in [0.05, 0.1) is 0 Å². The minimum atomic E-state index is -0.132. The van der Waals surface area contributed by atoms with E-state index in [4.69, 9.17) is 0 Å². The summed E-state index contributed by atoms with van der Waals surface area (Å²) in [7, 11) is 0. The van der Waals surface area contributed by atoms with Gasteiger partial charge in [-0.1, -0.05) is 13.8 Å². The van der Waals surface area contributed by atoms with Crippen LogP contribution in [0.4, 0.5) is 0 Å². The van der Waals surface area contributed by atoms with Crippen LogP contribution in [0.1, 0.15) is 46.0 Å². The van der Waals surface area contributed by atoms with Gasteiger partial charge in [-0.05, 0) is 24.7 Å². The summed E-state index contributed by atoms with van der Waals surface area (Å²) < 4.78 is 0. The smallest absolute Gasteiger partial charge is 0.267 e. The average molecular weight is 237 g/mol. The summed E-state index contributed by atoms with van der Waals surface area (Å²) in [5.41, 5.74) is 3.10. The highest BCUT2D eigenvalue weighted by Crippen LogP contribution is 2.36.